The quantitative estimate of drug-likeness (QED) is 0.862. The van der Waals surface area contributed by atoms with Gasteiger partial charge in [-0.2, -0.15) is 0 Å². The van der Waals surface area contributed by atoms with Crippen LogP contribution in [0.2, 0.25) is 0 Å². The van der Waals surface area contributed by atoms with Gasteiger partial charge in [0.15, 0.2) is 5.78 Å². The summed E-state index contributed by atoms with van der Waals surface area (Å²) >= 11 is 0. The van der Waals surface area contributed by atoms with E-state index in [-0.39, 0.29) is 30.3 Å². The summed E-state index contributed by atoms with van der Waals surface area (Å²) in [6.45, 7) is 5.64. The molecule has 2 N–H and O–H groups in total. The lowest BCUT2D eigenvalue weighted by atomic mass is 10.1. The Hall–Kier alpha value is -2.67. The molecule has 1 saturated heterocycles. The fourth-order valence-electron chi connectivity index (χ4n) is 3.20. The second kappa shape index (κ2) is 7.92. The molecule has 1 aliphatic rings. The van der Waals surface area contributed by atoms with Crippen molar-refractivity contribution in [1.29, 1.82) is 0 Å². The van der Waals surface area contributed by atoms with Gasteiger partial charge in [0, 0.05) is 17.4 Å². The number of fused-ring (bicyclic) bond motifs is 1. The molecule has 3 rings (SSSR count). The van der Waals surface area contributed by atoms with Crippen LogP contribution in [0.4, 0.5) is 0 Å². The van der Waals surface area contributed by atoms with Crippen LogP contribution in [0.25, 0.3) is 10.9 Å². The minimum Gasteiger partial charge on any atom is -0.371 e. The van der Waals surface area contributed by atoms with Crippen LogP contribution in [0.1, 0.15) is 37.7 Å². The molecule has 0 aliphatic carbocycles. The Morgan fingerprint density at radius 2 is 2.04 bits per heavy atom. The van der Waals surface area contributed by atoms with Crippen LogP contribution in [-0.2, 0) is 14.3 Å². The highest BCUT2D eigenvalue weighted by Gasteiger charge is 2.32. The molecular weight excluding hydrogens is 346 g/mol. The molecule has 2 heterocycles. The molecule has 1 fully saturated rings. The minimum atomic E-state index is -0.741. The van der Waals surface area contributed by atoms with Crippen LogP contribution in [-0.4, -0.2) is 58.8 Å². The second-order valence-corrected chi connectivity index (χ2v) is 7.05. The van der Waals surface area contributed by atoms with E-state index in [4.69, 9.17) is 4.74 Å². The van der Waals surface area contributed by atoms with Crippen molar-refractivity contribution >= 4 is 28.5 Å². The molecule has 3 atom stereocenters. The Bertz CT molecular complexity index is 827. The Morgan fingerprint density at radius 1 is 1.30 bits per heavy atom. The van der Waals surface area contributed by atoms with Crippen LogP contribution in [0.3, 0.4) is 0 Å². The van der Waals surface area contributed by atoms with E-state index < -0.39 is 12.1 Å². The number of amides is 2. The van der Waals surface area contributed by atoms with Gasteiger partial charge in [0.2, 0.25) is 5.91 Å². The Kier molecular flexibility index (Phi) is 5.60. The highest BCUT2D eigenvalue weighted by Crippen LogP contribution is 2.15. The fraction of sp³-hybridized carbons (Fsp3) is 0.450. The first-order chi connectivity index (χ1) is 12.9. The number of benzene rings is 1. The standard InChI is InChI=1S/C20H25N3O4/c1-12-8-9-23(14(3)18(24)11-27-12)20(26)13(2)21-19(25)17-10-15-6-4-5-7-16(15)22-17/h4-7,10,12-14,22H,8-9,11H2,1-3H3,(H,21,25). The monoisotopic (exact) mass is 371 g/mol. The number of hydrogen-bond acceptors (Lipinski definition) is 4. The number of rotatable bonds is 3. The Morgan fingerprint density at radius 3 is 2.78 bits per heavy atom. The van der Waals surface area contributed by atoms with Crippen molar-refractivity contribution in [3.05, 3.63) is 36.0 Å². The number of ether oxygens (including phenoxy) is 1. The number of nitrogens with one attached hydrogen (secondary N) is 2. The van der Waals surface area contributed by atoms with Crippen molar-refractivity contribution in [3.63, 3.8) is 0 Å². The van der Waals surface area contributed by atoms with Gasteiger partial charge in [-0.15, -0.1) is 0 Å². The topological polar surface area (TPSA) is 91.5 Å². The summed E-state index contributed by atoms with van der Waals surface area (Å²) in [5, 5.41) is 3.66. The number of nitrogens with zero attached hydrogens (tertiary/aromatic N) is 1. The highest BCUT2D eigenvalue weighted by molar-refractivity contribution is 6.00. The van der Waals surface area contributed by atoms with Crippen LogP contribution < -0.4 is 5.32 Å². The maximum atomic E-state index is 12.9. The molecule has 1 aromatic carbocycles. The first-order valence-electron chi connectivity index (χ1n) is 9.20. The summed E-state index contributed by atoms with van der Waals surface area (Å²) in [7, 11) is 0. The molecule has 27 heavy (non-hydrogen) atoms. The van der Waals surface area contributed by atoms with E-state index in [0.29, 0.717) is 18.7 Å². The maximum Gasteiger partial charge on any atom is 0.268 e. The van der Waals surface area contributed by atoms with Crippen molar-refractivity contribution in [3.8, 4) is 0 Å². The van der Waals surface area contributed by atoms with Gasteiger partial charge in [-0.1, -0.05) is 18.2 Å². The van der Waals surface area contributed by atoms with Gasteiger partial charge < -0.3 is 19.9 Å². The van der Waals surface area contributed by atoms with Gasteiger partial charge >= 0.3 is 0 Å². The summed E-state index contributed by atoms with van der Waals surface area (Å²) in [5.41, 5.74) is 1.26. The van der Waals surface area contributed by atoms with Gasteiger partial charge in [0.25, 0.3) is 5.91 Å². The smallest absolute Gasteiger partial charge is 0.268 e. The van der Waals surface area contributed by atoms with Crippen molar-refractivity contribution in [2.24, 2.45) is 0 Å². The Labute approximate surface area is 158 Å². The van der Waals surface area contributed by atoms with Crippen molar-refractivity contribution in [2.45, 2.75) is 45.4 Å². The maximum absolute atomic E-state index is 12.9. The summed E-state index contributed by atoms with van der Waals surface area (Å²) < 4.78 is 5.44. The minimum absolute atomic E-state index is 0.00190. The van der Waals surface area contributed by atoms with E-state index in [2.05, 4.69) is 10.3 Å². The molecule has 0 radical (unpaired) electrons. The molecule has 144 valence electrons. The van der Waals surface area contributed by atoms with Crippen molar-refractivity contribution in [2.75, 3.05) is 13.2 Å². The zero-order chi connectivity index (χ0) is 19.6. The van der Waals surface area contributed by atoms with E-state index in [1.807, 2.05) is 31.2 Å². The number of H-pyrrole nitrogens is 1. The first kappa shape index (κ1) is 19.1. The predicted octanol–water partition coefficient (Wildman–Crippen LogP) is 1.88. The lowest BCUT2D eigenvalue weighted by Gasteiger charge is -2.33. The number of aromatic nitrogens is 1. The zero-order valence-electron chi connectivity index (χ0n) is 15.8. The third-order valence-electron chi connectivity index (χ3n) is 5.00. The summed E-state index contributed by atoms with van der Waals surface area (Å²) in [6, 6.07) is 8.02. The summed E-state index contributed by atoms with van der Waals surface area (Å²) in [6.07, 6.45) is 0.555. The van der Waals surface area contributed by atoms with Crippen LogP contribution in [0, 0.1) is 0 Å². The summed E-state index contributed by atoms with van der Waals surface area (Å²) in [5.74, 6) is -0.756. The number of aromatic amines is 1. The average molecular weight is 371 g/mol. The number of Topliss-reactive ketones (excluding diaryl/α,β-unsaturated/α-hetero) is 1. The molecule has 2 aromatic rings. The van der Waals surface area contributed by atoms with E-state index in [9.17, 15) is 14.4 Å². The van der Waals surface area contributed by atoms with Gasteiger partial charge in [0.1, 0.15) is 18.3 Å². The molecular formula is C20H25N3O4. The van der Waals surface area contributed by atoms with Gasteiger partial charge in [-0.25, -0.2) is 0 Å². The number of hydrogen-bond donors (Lipinski definition) is 2. The van der Waals surface area contributed by atoms with Gasteiger partial charge in [0.05, 0.1) is 12.1 Å². The van der Waals surface area contributed by atoms with Crippen LogP contribution >= 0.6 is 0 Å². The third kappa shape index (κ3) is 4.19. The Balaban J connectivity index is 1.69. The van der Waals surface area contributed by atoms with Crippen molar-refractivity contribution in [1.82, 2.24) is 15.2 Å². The van der Waals surface area contributed by atoms with E-state index in [0.717, 1.165) is 10.9 Å². The molecule has 7 heteroatoms. The summed E-state index contributed by atoms with van der Waals surface area (Å²) in [4.78, 5) is 42.2. The second-order valence-electron chi connectivity index (χ2n) is 7.05. The normalized spacial score (nSPS) is 22.2. The number of ketones is 1. The van der Waals surface area contributed by atoms with E-state index >= 15 is 0 Å². The molecule has 1 aromatic heterocycles. The van der Waals surface area contributed by atoms with Gasteiger partial charge in [-0.3, -0.25) is 14.4 Å². The molecule has 7 nitrogen and oxygen atoms in total. The zero-order valence-corrected chi connectivity index (χ0v) is 15.8. The fourth-order valence-corrected chi connectivity index (χ4v) is 3.20. The largest absolute Gasteiger partial charge is 0.371 e. The lowest BCUT2D eigenvalue weighted by Crippen LogP contribution is -2.54. The van der Waals surface area contributed by atoms with Crippen LogP contribution in [0.15, 0.2) is 30.3 Å². The lowest BCUT2D eigenvalue weighted by molar-refractivity contribution is -0.145. The SMILES string of the molecule is CC1CCN(C(=O)C(C)NC(=O)c2cc3ccccc3[nH]2)C(C)C(=O)CO1. The van der Waals surface area contributed by atoms with E-state index in [1.165, 1.54) is 4.90 Å². The van der Waals surface area contributed by atoms with Gasteiger partial charge in [-0.05, 0) is 39.3 Å². The molecule has 3 unspecified atom stereocenters. The molecule has 1 aliphatic heterocycles. The number of para-hydroxylation sites is 1. The average Bonchev–Trinajstić information content (AvgIpc) is 3.09. The van der Waals surface area contributed by atoms with E-state index in [1.54, 1.807) is 19.9 Å². The molecule has 0 saturated carbocycles. The third-order valence-corrected chi connectivity index (χ3v) is 5.00. The predicted molar refractivity (Wildman–Crippen MR) is 101 cm³/mol. The first-order valence-corrected chi connectivity index (χ1v) is 9.20. The van der Waals surface area contributed by atoms with Crippen LogP contribution in [0.5, 0.6) is 0 Å². The number of carbonyl (C=O) groups excluding carboxylic acids is 3. The van der Waals surface area contributed by atoms with Crippen molar-refractivity contribution < 1.29 is 19.1 Å². The molecule has 0 bridgehead atoms. The number of carbonyl (C=O) groups is 3. The molecule has 0 spiro atoms. The highest BCUT2D eigenvalue weighted by atomic mass is 16.5. The molecule has 2 amide bonds.